The SMILES string of the molecule is CCN(C(=O)c1ccccc1[Se]Cc1ccccc1)c1ccc(F)cc1. The van der Waals surface area contributed by atoms with E-state index in [1.807, 2.05) is 49.4 Å². The van der Waals surface area contributed by atoms with Gasteiger partial charge in [0.25, 0.3) is 0 Å². The summed E-state index contributed by atoms with van der Waals surface area (Å²) in [5, 5.41) is 0.945. The number of carbonyl (C=O) groups excluding carboxylic acids is 1. The van der Waals surface area contributed by atoms with Crippen LogP contribution in [0.4, 0.5) is 10.1 Å². The van der Waals surface area contributed by atoms with Crippen LogP contribution < -0.4 is 9.36 Å². The number of hydrogen-bond donors (Lipinski definition) is 0. The molecule has 0 aliphatic carbocycles. The molecular weight excluding hydrogens is 392 g/mol. The van der Waals surface area contributed by atoms with Gasteiger partial charge in [0.15, 0.2) is 0 Å². The van der Waals surface area contributed by atoms with Crippen molar-refractivity contribution >= 4 is 31.0 Å². The van der Waals surface area contributed by atoms with Crippen LogP contribution in [0.25, 0.3) is 0 Å². The van der Waals surface area contributed by atoms with Crippen molar-refractivity contribution < 1.29 is 9.18 Å². The second-order valence-corrected chi connectivity index (χ2v) is 7.93. The molecule has 0 aliphatic heterocycles. The maximum absolute atomic E-state index is 13.2. The summed E-state index contributed by atoms with van der Waals surface area (Å²) < 4.78 is 14.3. The molecule has 0 saturated heterocycles. The number of carbonyl (C=O) groups is 1. The first kappa shape index (κ1) is 18.4. The zero-order valence-electron chi connectivity index (χ0n) is 14.6. The van der Waals surface area contributed by atoms with E-state index in [2.05, 4.69) is 12.1 Å². The second-order valence-electron chi connectivity index (χ2n) is 5.80. The Morgan fingerprint density at radius 1 is 0.923 bits per heavy atom. The van der Waals surface area contributed by atoms with Crippen LogP contribution in [0.3, 0.4) is 0 Å². The van der Waals surface area contributed by atoms with E-state index in [4.69, 9.17) is 0 Å². The van der Waals surface area contributed by atoms with E-state index >= 15 is 0 Å². The van der Waals surface area contributed by atoms with Gasteiger partial charge in [-0.05, 0) is 0 Å². The summed E-state index contributed by atoms with van der Waals surface area (Å²) in [5.41, 5.74) is 2.72. The van der Waals surface area contributed by atoms with Crippen molar-refractivity contribution in [3.8, 4) is 0 Å². The predicted molar refractivity (Wildman–Crippen MR) is 106 cm³/mol. The Morgan fingerprint density at radius 3 is 2.27 bits per heavy atom. The van der Waals surface area contributed by atoms with E-state index in [-0.39, 0.29) is 26.7 Å². The summed E-state index contributed by atoms with van der Waals surface area (Å²) in [6, 6.07) is 24.2. The van der Waals surface area contributed by atoms with Gasteiger partial charge in [0.05, 0.1) is 0 Å². The van der Waals surface area contributed by atoms with Gasteiger partial charge in [-0.2, -0.15) is 0 Å². The molecule has 0 aliphatic rings. The van der Waals surface area contributed by atoms with Gasteiger partial charge >= 0.3 is 160 Å². The van der Waals surface area contributed by atoms with Gasteiger partial charge in [0, 0.05) is 0 Å². The first-order valence-electron chi connectivity index (χ1n) is 8.52. The molecule has 3 aromatic rings. The molecule has 3 aromatic carbocycles. The fourth-order valence-electron chi connectivity index (χ4n) is 2.71. The summed E-state index contributed by atoms with van der Waals surface area (Å²) in [4.78, 5) is 14.8. The molecule has 4 heteroatoms. The Bertz CT molecular complexity index is 865. The first-order valence-corrected chi connectivity index (χ1v) is 10.6. The molecule has 2 nitrogen and oxygen atoms in total. The fraction of sp³-hybridized carbons (Fsp3) is 0.136. The Hall–Kier alpha value is -2.42. The molecule has 132 valence electrons. The maximum atomic E-state index is 13.2. The molecule has 0 spiro atoms. The van der Waals surface area contributed by atoms with Crippen molar-refractivity contribution in [2.24, 2.45) is 0 Å². The molecule has 0 unspecified atom stereocenters. The standard InChI is InChI=1S/C22H20FNOSe/c1-2-24(19-14-12-18(23)13-15-19)22(25)20-10-6-7-11-21(20)26-16-17-8-4-3-5-9-17/h3-15H,2,16H2,1H3. The van der Waals surface area contributed by atoms with E-state index < -0.39 is 0 Å². The van der Waals surface area contributed by atoms with E-state index in [1.54, 1.807) is 17.0 Å². The van der Waals surface area contributed by atoms with Crippen LogP contribution in [-0.4, -0.2) is 27.4 Å². The molecule has 0 bridgehead atoms. The van der Waals surface area contributed by atoms with Crippen molar-refractivity contribution in [1.29, 1.82) is 0 Å². The predicted octanol–water partition coefficient (Wildman–Crippen LogP) is 4.02. The summed E-state index contributed by atoms with van der Waals surface area (Å²) in [7, 11) is 0. The monoisotopic (exact) mass is 413 g/mol. The van der Waals surface area contributed by atoms with Gasteiger partial charge < -0.3 is 0 Å². The Labute approximate surface area is 159 Å². The number of rotatable bonds is 6. The average Bonchev–Trinajstić information content (AvgIpc) is 2.69. The number of anilines is 1. The molecule has 0 aromatic heterocycles. The molecule has 0 saturated carbocycles. The van der Waals surface area contributed by atoms with Crippen LogP contribution >= 0.6 is 0 Å². The topological polar surface area (TPSA) is 20.3 Å². The Kier molecular flexibility index (Phi) is 6.21. The normalized spacial score (nSPS) is 10.5. The van der Waals surface area contributed by atoms with Gasteiger partial charge in [-0.1, -0.05) is 0 Å². The summed E-state index contributed by atoms with van der Waals surface area (Å²) in [6.07, 6.45) is 0. The third-order valence-corrected chi connectivity index (χ3v) is 6.46. The van der Waals surface area contributed by atoms with Gasteiger partial charge in [0.1, 0.15) is 0 Å². The van der Waals surface area contributed by atoms with Crippen LogP contribution in [0.15, 0.2) is 78.9 Å². The Morgan fingerprint density at radius 2 is 1.58 bits per heavy atom. The average molecular weight is 412 g/mol. The van der Waals surface area contributed by atoms with Gasteiger partial charge in [0.2, 0.25) is 0 Å². The zero-order valence-corrected chi connectivity index (χ0v) is 16.3. The van der Waals surface area contributed by atoms with E-state index in [9.17, 15) is 9.18 Å². The van der Waals surface area contributed by atoms with Crippen molar-refractivity contribution in [3.05, 3.63) is 95.8 Å². The van der Waals surface area contributed by atoms with Gasteiger partial charge in [-0.15, -0.1) is 0 Å². The molecule has 3 rings (SSSR count). The first-order chi connectivity index (χ1) is 12.7. The van der Waals surface area contributed by atoms with Crippen molar-refractivity contribution in [3.63, 3.8) is 0 Å². The molecule has 1 amide bonds. The van der Waals surface area contributed by atoms with E-state index in [0.29, 0.717) is 12.2 Å². The minimum absolute atomic E-state index is 0.0374. The number of nitrogens with zero attached hydrogens (tertiary/aromatic N) is 1. The number of amides is 1. The molecule has 0 radical (unpaired) electrons. The molecular formula is C22H20FNOSe. The third-order valence-electron chi connectivity index (χ3n) is 4.05. The third kappa shape index (κ3) is 4.40. The van der Waals surface area contributed by atoms with Crippen molar-refractivity contribution in [2.45, 2.75) is 12.2 Å². The van der Waals surface area contributed by atoms with E-state index in [0.717, 1.165) is 15.3 Å². The zero-order chi connectivity index (χ0) is 18.4. The molecule has 0 fully saturated rings. The molecule has 0 N–H and O–H groups in total. The van der Waals surface area contributed by atoms with Crippen molar-refractivity contribution in [1.82, 2.24) is 0 Å². The van der Waals surface area contributed by atoms with Crippen LogP contribution in [-0.2, 0) is 5.32 Å². The van der Waals surface area contributed by atoms with Crippen LogP contribution in [0.1, 0.15) is 22.8 Å². The second kappa shape index (κ2) is 8.79. The number of hydrogen-bond acceptors (Lipinski definition) is 1. The van der Waals surface area contributed by atoms with Crippen LogP contribution in [0.5, 0.6) is 0 Å². The summed E-state index contributed by atoms with van der Waals surface area (Å²) in [5.74, 6) is -0.339. The number of halogens is 1. The minimum atomic E-state index is -0.302. The van der Waals surface area contributed by atoms with Crippen LogP contribution in [0, 0.1) is 5.82 Å². The fourth-order valence-corrected chi connectivity index (χ4v) is 4.81. The van der Waals surface area contributed by atoms with E-state index in [1.165, 1.54) is 17.7 Å². The van der Waals surface area contributed by atoms with Gasteiger partial charge in [-0.25, -0.2) is 0 Å². The molecule has 26 heavy (non-hydrogen) atoms. The van der Waals surface area contributed by atoms with Crippen molar-refractivity contribution in [2.75, 3.05) is 11.4 Å². The van der Waals surface area contributed by atoms with Crippen LogP contribution in [0.2, 0.25) is 0 Å². The molecule has 0 atom stereocenters. The quantitative estimate of drug-likeness (QED) is 0.560. The summed E-state index contributed by atoms with van der Waals surface area (Å²) in [6.45, 7) is 2.46. The number of benzene rings is 3. The molecule has 0 heterocycles. The summed E-state index contributed by atoms with van der Waals surface area (Å²) >= 11 is 0.163. The van der Waals surface area contributed by atoms with Gasteiger partial charge in [-0.3, -0.25) is 0 Å². The Balaban J connectivity index is 1.83.